The maximum Gasteiger partial charge on any atom is 0.191 e. The zero-order valence-corrected chi connectivity index (χ0v) is 15.3. The Bertz CT molecular complexity index is 804. The first-order valence-corrected chi connectivity index (χ1v) is 9.01. The highest BCUT2D eigenvalue weighted by Gasteiger charge is 2.02. The largest absolute Gasteiger partial charge is 0.356 e. The van der Waals surface area contributed by atoms with Crippen LogP contribution in [-0.2, 0) is 13.0 Å². The summed E-state index contributed by atoms with van der Waals surface area (Å²) in [5, 5.41) is 11.9. The van der Waals surface area contributed by atoms with Gasteiger partial charge >= 0.3 is 0 Å². The molecule has 0 fully saturated rings. The molecule has 0 unspecified atom stereocenters. The maximum atomic E-state index is 4.35. The fourth-order valence-corrected chi connectivity index (χ4v) is 3.15. The van der Waals surface area contributed by atoms with E-state index in [0.29, 0.717) is 6.54 Å². The highest BCUT2D eigenvalue weighted by atomic mass is 32.1. The Hall–Kier alpha value is -2.67. The lowest BCUT2D eigenvalue weighted by Crippen LogP contribution is -2.37. The molecule has 1 aromatic carbocycles. The molecule has 0 aliphatic heterocycles. The minimum atomic E-state index is 0.691. The van der Waals surface area contributed by atoms with Crippen LogP contribution in [0.4, 0.5) is 0 Å². The van der Waals surface area contributed by atoms with Crippen LogP contribution in [0.3, 0.4) is 0 Å². The maximum absolute atomic E-state index is 4.35. The van der Waals surface area contributed by atoms with E-state index >= 15 is 0 Å². The fourth-order valence-electron chi connectivity index (χ4n) is 2.43. The second kappa shape index (κ2) is 8.43. The van der Waals surface area contributed by atoms with Gasteiger partial charge in [-0.15, -0.1) is 11.3 Å². The molecule has 0 aliphatic rings. The van der Waals surface area contributed by atoms with Crippen LogP contribution in [0.5, 0.6) is 0 Å². The van der Waals surface area contributed by atoms with Crippen molar-refractivity contribution in [2.75, 3.05) is 13.6 Å². The average Bonchev–Trinajstić information content (AvgIpc) is 3.30. The van der Waals surface area contributed by atoms with Gasteiger partial charge in [-0.1, -0.05) is 12.1 Å². The van der Waals surface area contributed by atoms with Crippen molar-refractivity contribution in [1.29, 1.82) is 0 Å². The molecule has 3 rings (SSSR count). The third-order valence-corrected chi connectivity index (χ3v) is 4.62. The molecular weight excluding hydrogens is 332 g/mol. The molecule has 25 heavy (non-hydrogen) atoms. The summed E-state index contributed by atoms with van der Waals surface area (Å²) in [6, 6.07) is 10.4. The van der Waals surface area contributed by atoms with Crippen molar-refractivity contribution in [2.24, 2.45) is 4.99 Å². The number of aliphatic imine (C=N–C) groups is 1. The predicted molar refractivity (Wildman–Crippen MR) is 102 cm³/mol. The molecule has 2 N–H and O–H groups in total. The van der Waals surface area contributed by atoms with E-state index in [9.17, 15) is 0 Å². The predicted octanol–water partition coefficient (Wildman–Crippen LogP) is 2.54. The number of rotatable bonds is 6. The van der Waals surface area contributed by atoms with E-state index in [2.05, 4.69) is 56.9 Å². The molecule has 0 saturated heterocycles. The number of nitrogens with zero attached hydrogens (tertiary/aromatic N) is 4. The van der Waals surface area contributed by atoms with Crippen molar-refractivity contribution in [2.45, 2.75) is 19.9 Å². The van der Waals surface area contributed by atoms with Gasteiger partial charge in [0, 0.05) is 37.1 Å². The highest BCUT2D eigenvalue weighted by molar-refractivity contribution is 7.11. The van der Waals surface area contributed by atoms with Gasteiger partial charge in [-0.25, -0.2) is 9.67 Å². The quantitative estimate of drug-likeness (QED) is 0.527. The van der Waals surface area contributed by atoms with Crippen molar-refractivity contribution in [3.63, 3.8) is 0 Å². The Morgan fingerprint density at radius 2 is 2.08 bits per heavy atom. The summed E-state index contributed by atoms with van der Waals surface area (Å²) in [4.78, 5) is 9.81. The lowest BCUT2D eigenvalue weighted by molar-refractivity contribution is 0.791. The molecule has 0 saturated carbocycles. The number of hydrogen-bond acceptors (Lipinski definition) is 4. The molecule has 3 aromatic rings. The number of hydrogen-bond donors (Lipinski definition) is 2. The van der Waals surface area contributed by atoms with E-state index in [4.69, 9.17) is 0 Å². The van der Waals surface area contributed by atoms with Crippen LogP contribution < -0.4 is 10.6 Å². The number of aromatic nitrogens is 3. The van der Waals surface area contributed by atoms with Crippen LogP contribution in [0.15, 0.2) is 53.9 Å². The van der Waals surface area contributed by atoms with Crippen LogP contribution in [0, 0.1) is 6.92 Å². The van der Waals surface area contributed by atoms with Crippen LogP contribution >= 0.6 is 11.3 Å². The molecule has 0 radical (unpaired) electrons. The Morgan fingerprint density at radius 1 is 1.24 bits per heavy atom. The molecule has 0 spiro atoms. The topological polar surface area (TPSA) is 67.1 Å². The molecule has 0 aliphatic carbocycles. The molecule has 130 valence electrons. The van der Waals surface area contributed by atoms with E-state index in [-0.39, 0.29) is 0 Å². The second-order valence-corrected chi connectivity index (χ2v) is 6.90. The lowest BCUT2D eigenvalue weighted by atomic mass is 10.1. The summed E-state index contributed by atoms with van der Waals surface area (Å²) in [7, 11) is 1.78. The van der Waals surface area contributed by atoms with Gasteiger partial charge in [-0.05, 0) is 37.1 Å². The fraction of sp³-hybridized carbons (Fsp3) is 0.278. The first kappa shape index (κ1) is 17.2. The summed E-state index contributed by atoms with van der Waals surface area (Å²) in [5.74, 6) is 0.793. The van der Waals surface area contributed by atoms with Gasteiger partial charge in [-0.3, -0.25) is 4.99 Å². The number of aryl methyl sites for hydroxylation is 1. The number of thiazole rings is 1. The SMILES string of the molecule is CN=C(NCCc1ccc(-n2cccn2)cc1)NCc1ncc(C)s1. The van der Waals surface area contributed by atoms with Gasteiger partial charge in [0.2, 0.25) is 0 Å². The van der Waals surface area contributed by atoms with Gasteiger partial charge in [-0.2, -0.15) is 5.10 Å². The normalized spacial score (nSPS) is 11.5. The molecule has 2 aromatic heterocycles. The summed E-state index contributed by atoms with van der Waals surface area (Å²) in [6.45, 7) is 3.57. The number of nitrogens with one attached hydrogen (secondary N) is 2. The molecule has 2 heterocycles. The molecule has 0 bridgehead atoms. The van der Waals surface area contributed by atoms with Gasteiger partial charge in [0.05, 0.1) is 12.2 Å². The zero-order valence-electron chi connectivity index (χ0n) is 14.4. The minimum Gasteiger partial charge on any atom is -0.356 e. The van der Waals surface area contributed by atoms with Crippen LogP contribution in [0.2, 0.25) is 0 Å². The Balaban J connectivity index is 1.44. The summed E-state index contributed by atoms with van der Waals surface area (Å²) in [5.41, 5.74) is 2.34. The van der Waals surface area contributed by atoms with Gasteiger partial charge in [0.15, 0.2) is 5.96 Å². The van der Waals surface area contributed by atoms with Crippen molar-refractivity contribution in [3.8, 4) is 5.69 Å². The highest BCUT2D eigenvalue weighted by Crippen LogP contribution is 2.10. The monoisotopic (exact) mass is 354 g/mol. The Kier molecular flexibility index (Phi) is 5.79. The summed E-state index contributed by atoms with van der Waals surface area (Å²) in [6.07, 6.45) is 6.54. The first-order valence-electron chi connectivity index (χ1n) is 8.19. The third-order valence-electron chi connectivity index (χ3n) is 3.71. The van der Waals surface area contributed by atoms with Crippen molar-refractivity contribution >= 4 is 17.3 Å². The van der Waals surface area contributed by atoms with Crippen molar-refractivity contribution in [3.05, 3.63) is 64.4 Å². The van der Waals surface area contributed by atoms with Crippen LogP contribution in [0.25, 0.3) is 5.69 Å². The zero-order chi connectivity index (χ0) is 17.5. The first-order chi connectivity index (χ1) is 12.2. The smallest absolute Gasteiger partial charge is 0.191 e. The summed E-state index contributed by atoms with van der Waals surface area (Å²) >= 11 is 1.70. The van der Waals surface area contributed by atoms with Gasteiger partial charge < -0.3 is 10.6 Å². The van der Waals surface area contributed by atoms with Gasteiger partial charge in [0.1, 0.15) is 5.01 Å². The number of guanidine groups is 1. The second-order valence-electron chi connectivity index (χ2n) is 5.58. The van der Waals surface area contributed by atoms with E-state index in [1.54, 1.807) is 24.6 Å². The van der Waals surface area contributed by atoms with E-state index in [1.165, 1.54) is 10.4 Å². The Labute approximate surface area is 151 Å². The average molecular weight is 354 g/mol. The van der Waals surface area contributed by atoms with E-state index < -0.39 is 0 Å². The molecule has 6 nitrogen and oxygen atoms in total. The van der Waals surface area contributed by atoms with Crippen molar-refractivity contribution < 1.29 is 0 Å². The molecule has 0 atom stereocenters. The molecule has 7 heteroatoms. The van der Waals surface area contributed by atoms with Crippen molar-refractivity contribution in [1.82, 2.24) is 25.4 Å². The standard InChI is InChI=1S/C18H22N6S/c1-14-12-21-17(25-14)13-22-18(19-2)20-10-8-15-4-6-16(7-5-15)24-11-3-9-23-24/h3-7,9,11-12H,8,10,13H2,1-2H3,(H2,19,20,22). The van der Waals surface area contributed by atoms with Crippen LogP contribution in [-0.4, -0.2) is 34.3 Å². The summed E-state index contributed by atoms with van der Waals surface area (Å²) < 4.78 is 1.86. The minimum absolute atomic E-state index is 0.691. The Morgan fingerprint density at radius 3 is 2.72 bits per heavy atom. The molecular formula is C18H22N6S. The van der Waals surface area contributed by atoms with E-state index in [1.807, 2.05) is 23.1 Å². The third kappa shape index (κ3) is 4.90. The molecule has 0 amide bonds. The van der Waals surface area contributed by atoms with Crippen LogP contribution in [0.1, 0.15) is 15.4 Å². The lowest BCUT2D eigenvalue weighted by Gasteiger charge is -2.11. The van der Waals surface area contributed by atoms with E-state index in [0.717, 1.165) is 29.6 Å². The van der Waals surface area contributed by atoms with Gasteiger partial charge in [0.25, 0.3) is 0 Å². The number of benzene rings is 1.